The summed E-state index contributed by atoms with van der Waals surface area (Å²) >= 11 is 1.55. The first-order valence-electron chi connectivity index (χ1n) is 7.77. The molecule has 0 atom stereocenters. The second-order valence-electron chi connectivity index (χ2n) is 5.57. The van der Waals surface area contributed by atoms with E-state index in [4.69, 9.17) is 4.74 Å². The van der Waals surface area contributed by atoms with Gasteiger partial charge in [0, 0.05) is 10.9 Å². The third-order valence-electron chi connectivity index (χ3n) is 3.93. The highest BCUT2D eigenvalue weighted by molar-refractivity contribution is 7.13. The van der Waals surface area contributed by atoms with Crippen LogP contribution in [0.5, 0.6) is 5.75 Å². The number of methoxy groups -OCH3 is 1. The maximum atomic E-state index is 12.6. The zero-order valence-corrected chi connectivity index (χ0v) is 14.4. The quantitative estimate of drug-likeness (QED) is 0.565. The van der Waals surface area contributed by atoms with Crippen molar-refractivity contribution in [3.05, 3.63) is 76.3 Å². The lowest BCUT2D eigenvalue weighted by atomic mass is 10.2. The molecule has 2 aromatic heterocycles. The molecule has 2 aromatic carbocycles. The SMILES string of the molecule is COc1cccc(-c2nc(Cn3cnc4ccccc4c3=O)cs2)c1. The molecular formula is C19H15N3O2S. The van der Waals surface area contributed by atoms with Gasteiger partial charge in [-0.1, -0.05) is 24.3 Å². The van der Waals surface area contributed by atoms with Crippen molar-refractivity contribution in [1.29, 1.82) is 0 Å². The van der Waals surface area contributed by atoms with E-state index in [1.807, 2.05) is 47.8 Å². The normalized spacial score (nSPS) is 10.9. The molecular weight excluding hydrogens is 334 g/mol. The van der Waals surface area contributed by atoms with Gasteiger partial charge in [0.05, 0.1) is 36.6 Å². The van der Waals surface area contributed by atoms with Crippen molar-refractivity contribution in [3.63, 3.8) is 0 Å². The van der Waals surface area contributed by atoms with Crippen LogP contribution in [0.1, 0.15) is 5.69 Å². The van der Waals surface area contributed by atoms with E-state index in [0.717, 1.165) is 22.0 Å². The maximum Gasteiger partial charge on any atom is 0.261 e. The van der Waals surface area contributed by atoms with Crippen LogP contribution in [0.25, 0.3) is 21.5 Å². The minimum atomic E-state index is -0.0541. The molecule has 0 bridgehead atoms. The highest BCUT2D eigenvalue weighted by Gasteiger charge is 2.09. The fraction of sp³-hybridized carbons (Fsp3) is 0.105. The fourth-order valence-corrected chi connectivity index (χ4v) is 3.47. The Labute approximate surface area is 148 Å². The Kier molecular flexibility index (Phi) is 4.03. The van der Waals surface area contributed by atoms with Gasteiger partial charge >= 0.3 is 0 Å². The summed E-state index contributed by atoms with van der Waals surface area (Å²) in [6.07, 6.45) is 1.58. The van der Waals surface area contributed by atoms with E-state index in [1.54, 1.807) is 35.4 Å². The fourth-order valence-electron chi connectivity index (χ4n) is 2.66. The first kappa shape index (κ1) is 15.5. The second kappa shape index (κ2) is 6.49. The molecule has 0 saturated carbocycles. The summed E-state index contributed by atoms with van der Waals surface area (Å²) < 4.78 is 6.85. The monoisotopic (exact) mass is 349 g/mol. The van der Waals surface area contributed by atoms with E-state index in [-0.39, 0.29) is 5.56 Å². The molecule has 0 radical (unpaired) electrons. The van der Waals surface area contributed by atoms with Crippen LogP contribution < -0.4 is 10.3 Å². The summed E-state index contributed by atoms with van der Waals surface area (Å²) in [7, 11) is 1.64. The predicted molar refractivity (Wildman–Crippen MR) is 99.2 cm³/mol. The summed E-state index contributed by atoms with van der Waals surface area (Å²) in [4.78, 5) is 21.6. The summed E-state index contributed by atoms with van der Waals surface area (Å²) in [5.74, 6) is 0.796. The molecule has 25 heavy (non-hydrogen) atoms. The molecule has 0 aliphatic heterocycles. The lowest BCUT2D eigenvalue weighted by Gasteiger charge is -2.04. The number of hydrogen-bond donors (Lipinski definition) is 0. The molecule has 124 valence electrons. The Morgan fingerprint density at radius 1 is 1.16 bits per heavy atom. The Morgan fingerprint density at radius 3 is 2.92 bits per heavy atom. The largest absolute Gasteiger partial charge is 0.497 e. The number of rotatable bonds is 4. The lowest BCUT2D eigenvalue weighted by molar-refractivity contribution is 0.415. The molecule has 0 unspecified atom stereocenters. The van der Waals surface area contributed by atoms with Gasteiger partial charge in [-0.15, -0.1) is 11.3 Å². The van der Waals surface area contributed by atoms with Crippen LogP contribution in [0.4, 0.5) is 0 Å². The van der Waals surface area contributed by atoms with Crippen LogP contribution >= 0.6 is 11.3 Å². The van der Waals surface area contributed by atoms with Gasteiger partial charge in [0.2, 0.25) is 0 Å². The summed E-state index contributed by atoms with van der Waals surface area (Å²) in [6.45, 7) is 0.400. The average molecular weight is 349 g/mol. The van der Waals surface area contributed by atoms with Crippen molar-refractivity contribution in [2.45, 2.75) is 6.54 Å². The van der Waals surface area contributed by atoms with Gasteiger partial charge in [-0.3, -0.25) is 9.36 Å². The van der Waals surface area contributed by atoms with Crippen LogP contribution in [-0.4, -0.2) is 21.6 Å². The van der Waals surface area contributed by atoms with Crippen LogP contribution in [-0.2, 0) is 6.54 Å². The Balaban J connectivity index is 1.65. The van der Waals surface area contributed by atoms with Crippen LogP contribution in [0, 0.1) is 0 Å². The van der Waals surface area contributed by atoms with Crippen molar-refractivity contribution in [2.24, 2.45) is 0 Å². The summed E-state index contributed by atoms with van der Waals surface area (Å²) in [5.41, 5.74) is 2.49. The molecule has 0 fully saturated rings. The number of hydrogen-bond acceptors (Lipinski definition) is 5. The number of fused-ring (bicyclic) bond motifs is 1. The highest BCUT2D eigenvalue weighted by Crippen LogP contribution is 2.27. The van der Waals surface area contributed by atoms with Crippen LogP contribution in [0.2, 0.25) is 0 Å². The molecule has 0 N–H and O–H groups in total. The standard InChI is InChI=1S/C19H15N3O2S/c1-24-15-6-4-5-13(9-15)18-21-14(11-25-18)10-22-12-20-17-8-3-2-7-16(17)19(22)23/h2-9,11-12H,10H2,1H3. The molecule has 0 aliphatic carbocycles. The van der Waals surface area contributed by atoms with Crippen molar-refractivity contribution < 1.29 is 4.74 Å². The summed E-state index contributed by atoms with van der Waals surface area (Å²) in [6, 6.07) is 15.1. The average Bonchev–Trinajstić information content (AvgIpc) is 3.13. The topological polar surface area (TPSA) is 57.0 Å². The molecule has 0 spiro atoms. The summed E-state index contributed by atoms with van der Waals surface area (Å²) in [5, 5.41) is 3.49. The zero-order valence-electron chi connectivity index (χ0n) is 13.5. The van der Waals surface area contributed by atoms with Gasteiger partial charge in [-0.2, -0.15) is 0 Å². The first-order chi connectivity index (χ1) is 12.2. The van der Waals surface area contributed by atoms with E-state index in [1.165, 1.54) is 0 Å². The number of thiazole rings is 1. The molecule has 4 rings (SSSR count). The van der Waals surface area contributed by atoms with Crippen molar-refractivity contribution in [3.8, 4) is 16.3 Å². The van der Waals surface area contributed by atoms with Gasteiger partial charge in [-0.25, -0.2) is 9.97 Å². The zero-order chi connectivity index (χ0) is 17.2. The number of nitrogens with zero attached hydrogens (tertiary/aromatic N) is 3. The molecule has 0 saturated heterocycles. The molecule has 2 heterocycles. The predicted octanol–water partition coefficient (Wildman–Crippen LogP) is 3.58. The van der Waals surface area contributed by atoms with Gasteiger partial charge in [0.25, 0.3) is 5.56 Å². The van der Waals surface area contributed by atoms with Crippen molar-refractivity contribution in [1.82, 2.24) is 14.5 Å². The highest BCUT2D eigenvalue weighted by atomic mass is 32.1. The minimum Gasteiger partial charge on any atom is -0.497 e. The van der Waals surface area contributed by atoms with E-state index in [9.17, 15) is 4.79 Å². The van der Waals surface area contributed by atoms with Gasteiger partial charge in [0.1, 0.15) is 10.8 Å². The molecule has 0 amide bonds. The van der Waals surface area contributed by atoms with Crippen LogP contribution in [0.3, 0.4) is 0 Å². The maximum absolute atomic E-state index is 12.6. The van der Waals surface area contributed by atoms with Crippen LogP contribution in [0.15, 0.2) is 65.0 Å². The number of aromatic nitrogens is 3. The van der Waals surface area contributed by atoms with Crippen molar-refractivity contribution >= 4 is 22.2 Å². The van der Waals surface area contributed by atoms with E-state index >= 15 is 0 Å². The molecule has 0 aliphatic rings. The van der Waals surface area contributed by atoms with Gasteiger partial charge in [0.15, 0.2) is 0 Å². The van der Waals surface area contributed by atoms with Crippen molar-refractivity contribution in [2.75, 3.05) is 7.11 Å². The first-order valence-corrected chi connectivity index (χ1v) is 8.65. The minimum absolute atomic E-state index is 0.0541. The second-order valence-corrected chi connectivity index (χ2v) is 6.43. The molecule has 5 nitrogen and oxygen atoms in total. The van der Waals surface area contributed by atoms with E-state index < -0.39 is 0 Å². The smallest absolute Gasteiger partial charge is 0.261 e. The Morgan fingerprint density at radius 2 is 2.04 bits per heavy atom. The van der Waals surface area contributed by atoms with Gasteiger partial charge in [-0.05, 0) is 24.3 Å². The number of ether oxygens (including phenoxy) is 1. The number of para-hydroxylation sites is 1. The Hall–Kier alpha value is -2.99. The Bertz CT molecular complexity index is 1100. The third kappa shape index (κ3) is 3.04. The van der Waals surface area contributed by atoms with Gasteiger partial charge < -0.3 is 4.74 Å². The van der Waals surface area contributed by atoms with E-state index in [2.05, 4.69) is 9.97 Å². The molecule has 4 aromatic rings. The third-order valence-corrected chi connectivity index (χ3v) is 4.87. The molecule has 6 heteroatoms. The van der Waals surface area contributed by atoms with E-state index in [0.29, 0.717) is 17.4 Å². The lowest BCUT2D eigenvalue weighted by Crippen LogP contribution is -2.21. The number of benzene rings is 2.